The molecule has 0 aliphatic heterocycles. The van der Waals surface area contributed by atoms with E-state index in [1.165, 1.54) is 0 Å². The SMILES string of the molecule is CNc1ccc(O)cc1.S. The van der Waals surface area contributed by atoms with E-state index in [0.29, 0.717) is 5.75 Å². The first-order valence-corrected chi connectivity index (χ1v) is 2.79. The van der Waals surface area contributed by atoms with Crippen molar-refractivity contribution >= 4 is 19.2 Å². The molecule has 1 rings (SSSR count). The fourth-order valence-electron chi connectivity index (χ4n) is 0.628. The second kappa shape index (κ2) is 4.06. The van der Waals surface area contributed by atoms with Crippen molar-refractivity contribution in [2.24, 2.45) is 0 Å². The van der Waals surface area contributed by atoms with Crippen LogP contribution in [0.2, 0.25) is 0 Å². The molecule has 0 spiro atoms. The van der Waals surface area contributed by atoms with Gasteiger partial charge in [0.25, 0.3) is 0 Å². The Balaban J connectivity index is 0.000000810. The molecule has 10 heavy (non-hydrogen) atoms. The summed E-state index contributed by atoms with van der Waals surface area (Å²) >= 11 is 0. The fourth-order valence-corrected chi connectivity index (χ4v) is 0.628. The largest absolute Gasteiger partial charge is 0.508 e. The zero-order valence-electron chi connectivity index (χ0n) is 5.76. The maximum absolute atomic E-state index is 8.82. The van der Waals surface area contributed by atoms with Crippen molar-refractivity contribution in [3.63, 3.8) is 0 Å². The molecule has 0 aliphatic rings. The molecular weight excluding hydrogens is 146 g/mol. The van der Waals surface area contributed by atoms with Crippen LogP contribution in [0.5, 0.6) is 5.75 Å². The van der Waals surface area contributed by atoms with Crippen LogP contribution in [0.3, 0.4) is 0 Å². The molecule has 0 bridgehead atoms. The van der Waals surface area contributed by atoms with Gasteiger partial charge >= 0.3 is 0 Å². The molecule has 0 unspecified atom stereocenters. The normalized spacial score (nSPS) is 8.10. The van der Waals surface area contributed by atoms with E-state index >= 15 is 0 Å². The summed E-state index contributed by atoms with van der Waals surface area (Å²) in [5.41, 5.74) is 1.01. The highest BCUT2D eigenvalue weighted by Crippen LogP contribution is 2.12. The third kappa shape index (κ3) is 2.19. The van der Waals surface area contributed by atoms with E-state index in [1.54, 1.807) is 12.1 Å². The molecule has 0 heterocycles. The Morgan fingerprint density at radius 3 is 2.10 bits per heavy atom. The van der Waals surface area contributed by atoms with Crippen LogP contribution in [0.25, 0.3) is 0 Å². The third-order valence-corrected chi connectivity index (χ3v) is 1.16. The lowest BCUT2D eigenvalue weighted by Crippen LogP contribution is -1.84. The molecule has 56 valence electrons. The van der Waals surface area contributed by atoms with Gasteiger partial charge in [-0.2, -0.15) is 13.5 Å². The lowest BCUT2D eigenvalue weighted by molar-refractivity contribution is 0.475. The molecule has 1 aromatic carbocycles. The van der Waals surface area contributed by atoms with Crippen molar-refractivity contribution in [2.45, 2.75) is 0 Å². The predicted molar refractivity (Wildman–Crippen MR) is 48.0 cm³/mol. The van der Waals surface area contributed by atoms with Crippen LogP contribution in [0.4, 0.5) is 5.69 Å². The van der Waals surface area contributed by atoms with Crippen molar-refractivity contribution < 1.29 is 5.11 Å². The van der Waals surface area contributed by atoms with Gasteiger partial charge in [0.05, 0.1) is 0 Å². The Hall–Kier alpha value is -0.830. The van der Waals surface area contributed by atoms with Crippen LogP contribution in [0.1, 0.15) is 0 Å². The van der Waals surface area contributed by atoms with Gasteiger partial charge in [-0.3, -0.25) is 0 Å². The highest BCUT2D eigenvalue weighted by atomic mass is 32.1. The van der Waals surface area contributed by atoms with E-state index in [0.717, 1.165) is 5.69 Å². The van der Waals surface area contributed by atoms with Gasteiger partial charge < -0.3 is 10.4 Å². The Morgan fingerprint density at radius 2 is 1.70 bits per heavy atom. The van der Waals surface area contributed by atoms with Crippen LogP contribution in [-0.4, -0.2) is 12.2 Å². The number of anilines is 1. The summed E-state index contributed by atoms with van der Waals surface area (Å²) in [7, 11) is 1.84. The van der Waals surface area contributed by atoms with E-state index in [9.17, 15) is 0 Å². The maximum atomic E-state index is 8.82. The average Bonchev–Trinajstić information content (AvgIpc) is 1.90. The first-order valence-electron chi connectivity index (χ1n) is 2.79. The summed E-state index contributed by atoms with van der Waals surface area (Å²) in [6.45, 7) is 0. The lowest BCUT2D eigenvalue weighted by atomic mass is 10.3. The smallest absolute Gasteiger partial charge is 0.115 e. The second-order valence-electron chi connectivity index (χ2n) is 1.80. The molecule has 1 aromatic rings. The van der Waals surface area contributed by atoms with Crippen molar-refractivity contribution in [3.8, 4) is 5.75 Å². The summed E-state index contributed by atoms with van der Waals surface area (Å²) in [6.07, 6.45) is 0. The second-order valence-corrected chi connectivity index (χ2v) is 1.80. The van der Waals surface area contributed by atoms with Gasteiger partial charge in [0.1, 0.15) is 5.75 Å². The average molecular weight is 157 g/mol. The Kier molecular flexibility index (Phi) is 3.72. The molecule has 0 radical (unpaired) electrons. The van der Waals surface area contributed by atoms with Crippen LogP contribution in [-0.2, 0) is 0 Å². The van der Waals surface area contributed by atoms with E-state index in [1.807, 2.05) is 19.2 Å². The number of hydrogen-bond acceptors (Lipinski definition) is 2. The molecule has 2 nitrogen and oxygen atoms in total. The minimum absolute atomic E-state index is 0. The van der Waals surface area contributed by atoms with Crippen LogP contribution in [0, 0.1) is 0 Å². The van der Waals surface area contributed by atoms with Crippen LogP contribution >= 0.6 is 13.5 Å². The molecule has 0 atom stereocenters. The minimum Gasteiger partial charge on any atom is -0.508 e. The number of hydrogen-bond donors (Lipinski definition) is 2. The molecule has 0 aliphatic carbocycles. The molecule has 0 saturated carbocycles. The monoisotopic (exact) mass is 157 g/mol. The van der Waals surface area contributed by atoms with E-state index < -0.39 is 0 Å². The van der Waals surface area contributed by atoms with Crippen molar-refractivity contribution in [2.75, 3.05) is 12.4 Å². The first kappa shape index (κ1) is 9.17. The molecule has 0 amide bonds. The quantitative estimate of drug-likeness (QED) is 0.606. The van der Waals surface area contributed by atoms with Gasteiger partial charge in [-0.1, -0.05) is 0 Å². The molecule has 0 fully saturated rings. The standard InChI is InChI=1S/C7H9NO.H2S/c1-8-6-2-4-7(9)5-3-6;/h2-5,8-9H,1H3;1H2. The Morgan fingerprint density at radius 1 is 1.20 bits per heavy atom. The van der Waals surface area contributed by atoms with Gasteiger partial charge in [-0.15, -0.1) is 0 Å². The lowest BCUT2D eigenvalue weighted by Gasteiger charge is -1.96. The summed E-state index contributed by atoms with van der Waals surface area (Å²) in [5, 5.41) is 11.8. The summed E-state index contributed by atoms with van der Waals surface area (Å²) in [4.78, 5) is 0. The van der Waals surface area contributed by atoms with E-state index in [4.69, 9.17) is 5.11 Å². The molecule has 2 N–H and O–H groups in total. The Labute approximate surface area is 67.3 Å². The van der Waals surface area contributed by atoms with Gasteiger partial charge in [0.2, 0.25) is 0 Å². The number of rotatable bonds is 1. The first-order chi connectivity index (χ1) is 4.33. The molecule has 3 heteroatoms. The number of phenolic OH excluding ortho intramolecular Hbond substituents is 1. The highest BCUT2D eigenvalue weighted by Gasteiger charge is 1.85. The molecule has 0 aromatic heterocycles. The summed E-state index contributed by atoms with van der Waals surface area (Å²) < 4.78 is 0. The third-order valence-electron chi connectivity index (χ3n) is 1.16. The maximum Gasteiger partial charge on any atom is 0.115 e. The topological polar surface area (TPSA) is 32.3 Å². The Bertz CT molecular complexity index is 185. The van der Waals surface area contributed by atoms with Gasteiger partial charge in [0, 0.05) is 12.7 Å². The number of phenols is 1. The zero-order chi connectivity index (χ0) is 6.69. The van der Waals surface area contributed by atoms with Gasteiger partial charge in [-0.05, 0) is 24.3 Å². The predicted octanol–water partition coefficient (Wildman–Crippen LogP) is 1.55. The number of benzene rings is 1. The number of nitrogens with one attached hydrogen (secondary N) is 1. The van der Waals surface area contributed by atoms with Gasteiger partial charge in [0.15, 0.2) is 0 Å². The minimum atomic E-state index is 0. The highest BCUT2D eigenvalue weighted by molar-refractivity contribution is 7.59. The van der Waals surface area contributed by atoms with Gasteiger partial charge in [-0.25, -0.2) is 0 Å². The van der Waals surface area contributed by atoms with E-state index in [2.05, 4.69) is 5.32 Å². The molecule has 0 saturated heterocycles. The van der Waals surface area contributed by atoms with Crippen LogP contribution in [0.15, 0.2) is 24.3 Å². The zero-order valence-corrected chi connectivity index (χ0v) is 6.76. The van der Waals surface area contributed by atoms with E-state index in [-0.39, 0.29) is 13.5 Å². The number of aromatic hydroxyl groups is 1. The fraction of sp³-hybridized carbons (Fsp3) is 0.143. The van der Waals surface area contributed by atoms with Crippen molar-refractivity contribution in [1.82, 2.24) is 0 Å². The summed E-state index contributed by atoms with van der Waals surface area (Å²) in [6, 6.07) is 6.92. The van der Waals surface area contributed by atoms with Crippen molar-refractivity contribution in [1.29, 1.82) is 0 Å². The molecular formula is C7H11NOS. The van der Waals surface area contributed by atoms with Crippen LogP contribution < -0.4 is 5.32 Å². The van der Waals surface area contributed by atoms with Crippen molar-refractivity contribution in [3.05, 3.63) is 24.3 Å². The summed E-state index contributed by atoms with van der Waals surface area (Å²) in [5.74, 6) is 0.300.